The SMILES string of the molecule is CCn1nc(-c2ccc(F)cc2)c(-c2ccncc2)c1NC(=O)Cc1ccccc1. The Kier molecular flexibility index (Phi) is 5.66. The van der Waals surface area contributed by atoms with Crippen LogP contribution in [0.4, 0.5) is 10.2 Å². The van der Waals surface area contributed by atoms with Gasteiger partial charge in [0.05, 0.1) is 12.0 Å². The molecule has 0 saturated heterocycles. The van der Waals surface area contributed by atoms with Crippen molar-refractivity contribution in [3.8, 4) is 22.4 Å². The number of rotatable bonds is 6. The highest BCUT2D eigenvalue weighted by molar-refractivity contribution is 5.99. The Balaban J connectivity index is 1.78. The van der Waals surface area contributed by atoms with E-state index in [0.717, 1.165) is 22.3 Å². The number of pyridine rings is 1. The maximum absolute atomic E-state index is 13.5. The molecule has 0 saturated carbocycles. The first-order valence-corrected chi connectivity index (χ1v) is 9.76. The fraction of sp³-hybridized carbons (Fsp3) is 0.125. The Morgan fingerprint density at radius 2 is 1.67 bits per heavy atom. The van der Waals surface area contributed by atoms with E-state index in [0.29, 0.717) is 18.1 Å². The summed E-state index contributed by atoms with van der Waals surface area (Å²) in [5, 5.41) is 7.77. The fourth-order valence-electron chi connectivity index (χ4n) is 3.38. The van der Waals surface area contributed by atoms with Gasteiger partial charge in [-0.25, -0.2) is 9.07 Å². The molecular weight excluding hydrogens is 379 g/mol. The lowest BCUT2D eigenvalue weighted by Crippen LogP contribution is -2.18. The second-order valence-corrected chi connectivity index (χ2v) is 6.84. The second kappa shape index (κ2) is 8.69. The zero-order valence-electron chi connectivity index (χ0n) is 16.5. The van der Waals surface area contributed by atoms with Gasteiger partial charge in [0.15, 0.2) is 0 Å². The zero-order valence-corrected chi connectivity index (χ0v) is 16.5. The fourth-order valence-corrected chi connectivity index (χ4v) is 3.38. The van der Waals surface area contributed by atoms with Gasteiger partial charge in [0, 0.05) is 24.5 Å². The minimum absolute atomic E-state index is 0.128. The minimum Gasteiger partial charge on any atom is -0.310 e. The first-order chi connectivity index (χ1) is 14.7. The van der Waals surface area contributed by atoms with Crippen molar-refractivity contribution < 1.29 is 9.18 Å². The van der Waals surface area contributed by atoms with E-state index in [-0.39, 0.29) is 18.1 Å². The third-order valence-electron chi connectivity index (χ3n) is 4.80. The molecule has 0 radical (unpaired) electrons. The van der Waals surface area contributed by atoms with Crippen molar-refractivity contribution in [1.29, 1.82) is 0 Å². The molecule has 4 rings (SSSR count). The van der Waals surface area contributed by atoms with Gasteiger partial charge in [0.25, 0.3) is 0 Å². The molecule has 0 aliphatic carbocycles. The van der Waals surface area contributed by atoms with Crippen molar-refractivity contribution in [2.24, 2.45) is 0 Å². The average molecular weight is 400 g/mol. The molecule has 0 fully saturated rings. The van der Waals surface area contributed by atoms with Crippen LogP contribution in [-0.4, -0.2) is 20.7 Å². The molecule has 1 N–H and O–H groups in total. The highest BCUT2D eigenvalue weighted by Gasteiger charge is 2.22. The van der Waals surface area contributed by atoms with E-state index in [2.05, 4.69) is 10.3 Å². The van der Waals surface area contributed by atoms with Crippen LogP contribution < -0.4 is 5.32 Å². The van der Waals surface area contributed by atoms with Gasteiger partial charge in [-0.05, 0) is 54.4 Å². The van der Waals surface area contributed by atoms with Crippen molar-refractivity contribution in [1.82, 2.24) is 14.8 Å². The van der Waals surface area contributed by atoms with E-state index in [1.165, 1.54) is 12.1 Å². The summed E-state index contributed by atoms with van der Waals surface area (Å²) in [4.78, 5) is 16.9. The molecule has 2 heterocycles. The number of nitrogens with zero attached hydrogens (tertiary/aromatic N) is 3. The molecule has 0 unspecified atom stereocenters. The van der Waals surface area contributed by atoms with Crippen molar-refractivity contribution in [3.05, 3.63) is 90.5 Å². The lowest BCUT2D eigenvalue weighted by molar-refractivity contribution is -0.115. The predicted octanol–water partition coefficient (Wildman–Crippen LogP) is 4.95. The summed E-state index contributed by atoms with van der Waals surface area (Å²) in [5.41, 5.74) is 4.04. The molecule has 150 valence electrons. The molecular formula is C24H21FN4O. The maximum Gasteiger partial charge on any atom is 0.229 e. The van der Waals surface area contributed by atoms with Gasteiger partial charge in [-0.15, -0.1) is 0 Å². The normalized spacial score (nSPS) is 10.7. The summed E-state index contributed by atoms with van der Waals surface area (Å²) in [6.07, 6.45) is 3.66. The summed E-state index contributed by atoms with van der Waals surface area (Å²) in [7, 11) is 0. The number of nitrogens with one attached hydrogen (secondary N) is 1. The number of halogens is 1. The van der Waals surface area contributed by atoms with Crippen molar-refractivity contribution in [2.45, 2.75) is 19.9 Å². The van der Waals surface area contributed by atoms with Crippen LogP contribution in [0.3, 0.4) is 0 Å². The van der Waals surface area contributed by atoms with E-state index < -0.39 is 0 Å². The quantitative estimate of drug-likeness (QED) is 0.498. The monoisotopic (exact) mass is 400 g/mol. The van der Waals surface area contributed by atoms with Crippen LogP contribution >= 0.6 is 0 Å². The number of benzene rings is 2. The van der Waals surface area contributed by atoms with Gasteiger partial charge in [-0.3, -0.25) is 9.78 Å². The molecule has 0 atom stereocenters. The first kappa shape index (κ1) is 19.5. The second-order valence-electron chi connectivity index (χ2n) is 6.84. The summed E-state index contributed by atoms with van der Waals surface area (Å²) in [6, 6.07) is 19.5. The van der Waals surface area contributed by atoms with Crippen LogP contribution in [0.1, 0.15) is 12.5 Å². The van der Waals surface area contributed by atoms with Crippen LogP contribution in [0, 0.1) is 5.82 Å². The van der Waals surface area contributed by atoms with Gasteiger partial charge in [-0.2, -0.15) is 5.10 Å². The van der Waals surface area contributed by atoms with Crippen LogP contribution in [0.25, 0.3) is 22.4 Å². The molecule has 30 heavy (non-hydrogen) atoms. The van der Waals surface area contributed by atoms with Gasteiger partial charge in [0.1, 0.15) is 17.3 Å². The van der Waals surface area contributed by atoms with Gasteiger partial charge in [-0.1, -0.05) is 30.3 Å². The van der Waals surface area contributed by atoms with E-state index in [1.807, 2.05) is 49.4 Å². The number of aryl methyl sites for hydroxylation is 1. The molecule has 5 nitrogen and oxygen atoms in total. The summed E-state index contributed by atoms with van der Waals surface area (Å²) >= 11 is 0. The van der Waals surface area contributed by atoms with E-state index in [4.69, 9.17) is 5.10 Å². The van der Waals surface area contributed by atoms with Gasteiger partial charge >= 0.3 is 0 Å². The number of hydrogen-bond acceptors (Lipinski definition) is 3. The first-order valence-electron chi connectivity index (χ1n) is 9.76. The molecule has 1 amide bonds. The Labute approximate surface area is 174 Å². The van der Waals surface area contributed by atoms with E-state index in [1.54, 1.807) is 29.2 Å². The van der Waals surface area contributed by atoms with Crippen LogP contribution in [0.2, 0.25) is 0 Å². The van der Waals surface area contributed by atoms with Crippen molar-refractivity contribution in [3.63, 3.8) is 0 Å². The number of hydrogen-bond donors (Lipinski definition) is 1. The van der Waals surface area contributed by atoms with E-state index in [9.17, 15) is 9.18 Å². The number of carbonyl (C=O) groups excluding carboxylic acids is 1. The maximum atomic E-state index is 13.5. The number of carbonyl (C=O) groups is 1. The summed E-state index contributed by atoms with van der Waals surface area (Å²) in [6.45, 7) is 2.53. The van der Waals surface area contributed by atoms with Crippen LogP contribution in [0.5, 0.6) is 0 Å². The minimum atomic E-state index is -0.310. The topological polar surface area (TPSA) is 59.8 Å². The molecule has 4 aromatic rings. The van der Waals surface area contributed by atoms with Gasteiger partial charge < -0.3 is 5.32 Å². The summed E-state index contributed by atoms with van der Waals surface area (Å²) in [5.74, 6) is 0.177. The molecule has 0 aliphatic heterocycles. The third-order valence-corrected chi connectivity index (χ3v) is 4.80. The Morgan fingerprint density at radius 1 is 0.967 bits per heavy atom. The number of anilines is 1. The Morgan fingerprint density at radius 3 is 2.33 bits per heavy atom. The lowest BCUT2D eigenvalue weighted by Gasteiger charge is -2.11. The molecule has 6 heteroatoms. The lowest BCUT2D eigenvalue weighted by atomic mass is 10.0. The summed E-state index contributed by atoms with van der Waals surface area (Å²) < 4.78 is 15.2. The van der Waals surface area contributed by atoms with Crippen LogP contribution in [0.15, 0.2) is 79.1 Å². The van der Waals surface area contributed by atoms with E-state index >= 15 is 0 Å². The average Bonchev–Trinajstić information content (AvgIpc) is 3.13. The van der Waals surface area contributed by atoms with Crippen molar-refractivity contribution >= 4 is 11.7 Å². The highest BCUT2D eigenvalue weighted by Crippen LogP contribution is 2.37. The smallest absolute Gasteiger partial charge is 0.229 e. The molecule has 2 aromatic carbocycles. The molecule has 0 aliphatic rings. The third kappa shape index (κ3) is 4.12. The number of amides is 1. The largest absolute Gasteiger partial charge is 0.310 e. The van der Waals surface area contributed by atoms with Crippen molar-refractivity contribution in [2.75, 3.05) is 5.32 Å². The molecule has 0 bridgehead atoms. The zero-order chi connectivity index (χ0) is 20.9. The Hall–Kier alpha value is -3.80. The predicted molar refractivity (Wildman–Crippen MR) is 115 cm³/mol. The van der Waals surface area contributed by atoms with Gasteiger partial charge in [0.2, 0.25) is 5.91 Å². The number of aromatic nitrogens is 3. The molecule has 2 aromatic heterocycles. The highest BCUT2D eigenvalue weighted by atomic mass is 19.1. The standard InChI is InChI=1S/C24H21FN4O/c1-2-29-24(27-21(30)16-17-6-4-3-5-7-17)22(18-12-14-26-15-13-18)23(28-29)19-8-10-20(25)11-9-19/h3-15H,2,16H2,1H3,(H,27,30). The Bertz CT molecular complexity index is 1140. The molecule has 0 spiro atoms. The van der Waals surface area contributed by atoms with Crippen LogP contribution in [-0.2, 0) is 17.8 Å².